The van der Waals surface area contributed by atoms with Gasteiger partial charge in [0.2, 0.25) is 0 Å². The third-order valence-corrected chi connectivity index (χ3v) is 7.38. The van der Waals surface area contributed by atoms with E-state index >= 15 is 0 Å². The van der Waals surface area contributed by atoms with E-state index in [1.807, 2.05) is 0 Å². The molecule has 0 N–H and O–H groups in total. The summed E-state index contributed by atoms with van der Waals surface area (Å²) < 4.78 is 5.99. The Morgan fingerprint density at radius 1 is 1.35 bits per heavy atom. The van der Waals surface area contributed by atoms with Gasteiger partial charge in [-0.2, -0.15) is 0 Å². The highest BCUT2D eigenvalue weighted by Gasteiger charge is 2.50. The molecule has 0 heterocycles. The first-order chi connectivity index (χ1) is 10.8. The average Bonchev–Trinajstić information content (AvgIpc) is 2.85. The summed E-state index contributed by atoms with van der Waals surface area (Å²) in [6.07, 6.45) is 8.62. The van der Waals surface area contributed by atoms with Crippen molar-refractivity contribution in [1.29, 1.82) is 0 Å². The van der Waals surface area contributed by atoms with E-state index in [4.69, 9.17) is 0 Å². The van der Waals surface area contributed by atoms with Crippen molar-refractivity contribution < 1.29 is 9.53 Å². The Morgan fingerprint density at radius 3 is 2.48 bits per heavy atom. The molecule has 2 aliphatic rings. The van der Waals surface area contributed by atoms with Crippen molar-refractivity contribution in [3.63, 3.8) is 0 Å². The van der Waals surface area contributed by atoms with Crippen molar-refractivity contribution in [3.05, 3.63) is 12.7 Å². The maximum atomic E-state index is 10.3. The van der Waals surface area contributed by atoms with Crippen LogP contribution in [0.5, 0.6) is 0 Å². The lowest BCUT2D eigenvalue weighted by Crippen LogP contribution is -2.38. The van der Waals surface area contributed by atoms with Crippen molar-refractivity contribution in [2.24, 2.45) is 29.1 Å². The van der Waals surface area contributed by atoms with E-state index in [2.05, 4.69) is 54.7 Å². The van der Waals surface area contributed by atoms with Gasteiger partial charge >= 0.3 is 5.97 Å². The standard InChI is InChI=1S/C14H25I.C6H10O2/c1-10-5-4-8-14(3)12(10)6-7-13(14)11(2)9-15;1-4-6(7)8-5(2)3/h10-13H,4-9H2,1-3H3;4-5H,1H2,2-3H3/t10-,11-,12-,13+,14-;/m0./s1. The fourth-order valence-electron chi connectivity index (χ4n) is 4.93. The molecule has 134 valence electrons. The van der Waals surface area contributed by atoms with Crippen LogP contribution in [0, 0.1) is 29.1 Å². The van der Waals surface area contributed by atoms with Gasteiger partial charge in [0.15, 0.2) is 0 Å². The minimum atomic E-state index is -0.361. The Balaban J connectivity index is 0.000000284. The topological polar surface area (TPSA) is 26.3 Å². The minimum absolute atomic E-state index is 0.0412. The SMILES string of the molecule is C=CC(=O)OC(C)C.C[C@@H](CI)[C@H]1CC[C@H]2[C@@H](C)CCC[C@]12C. The second kappa shape index (κ2) is 9.43. The minimum Gasteiger partial charge on any atom is -0.460 e. The van der Waals surface area contributed by atoms with Gasteiger partial charge in [0, 0.05) is 10.5 Å². The lowest BCUT2D eigenvalue weighted by Gasteiger charge is -2.45. The van der Waals surface area contributed by atoms with Gasteiger partial charge in [-0.05, 0) is 62.2 Å². The zero-order valence-electron chi connectivity index (χ0n) is 15.6. The number of ether oxygens (including phenoxy) is 1. The monoisotopic (exact) mass is 434 g/mol. The average molecular weight is 434 g/mol. The summed E-state index contributed by atoms with van der Waals surface area (Å²) in [7, 11) is 0. The molecule has 2 fully saturated rings. The van der Waals surface area contributed by atoms with Gasteiger partial charge < -0.3 is 4.74 Å². The molecule has 0 aromatic carbocycles. The first kappa shape index (κ1) is 21.0. The first-order valence-electron chi connectivity index (χ1n) is 9.15. The molecule has 2 rings (SSSR count). The summed E-state index contributed by atoms with van der Waals surface area (Å²) in [5, 5.41) is 0. The molecule has 0 amide bonds. The predicted octanol–water partition coefficient (Wildman–Crippen LogP) is 6.03. The molecular formula is C20H35IO2. The van der Waals surface area contributed by atoms with Crippen molar-refractivity contribution in [1.82, 2.24) is 0 Å². The van der Waals surface area contributed by atoms with E-state index in [-0.39, 0.29) is 12.1 Å². The number of fused-ring (bicyclic) bond motifs is 1. The van der Waals surface area contributed by atoms with Crippen LogP contribution >= 0.6 is 22.6 Å². The molecule has 3 heteroatoms. The molecule has 0 unspecified atom stereocenters. The van der Waals surface area contributed by atoms with Gasteiger partial charge in [0.05, 0.1) is 6.10 Å². The van der Waals surface area contributed by atoms with Crippen molar-refractivity contribution in [3.8, 4) is 0 Å². The molecule has 0 aromatic heterocycles. The third-order valence-electron chi connectivity index (χ3n) is 5.99. The van der Waals surface area contributed by atoms with E-state index in [1.54, 1.807) is 13.8 Å². The van der Waals surface area contributed by atoms with Crippen LogP contribution in [0.1, 0.15) is 66.7 Å². The van der Waals surface area contributed by atoms with Crippen LogP contribution in [-0.2, 0) is 9.53 Å². The molecule has 5 atom stereocenters. The number of carbonyl (C=O) groups is 1. The molecule has 0 saturated heterocycles. The number of rotatable bonds is 4. The van der Waals surface area contributed by atoms with Crippen LogP contribution in [0.4, 0.5) is 0 Å². The van der Waals surface area contributed by atoms with E-state index in [0.717, 1.165) is 29.7 Å². The summed E-state index contributed by atoms with van der Waals surface area (Å²) in [6.45, 7) is 14.4. The molecule has 0 bridgehead atoms. The highest BCUT2D eigenvalue weighted by molar-refractivity contribution is 14.1. The van der Waals surface area contributed by atoms with Crippen molar-refractivity contribution in [2.45, 2.75) is 72.8 Å². The highest BCUT2D eigenvalue weighted by Crippen LogP contribution is 2.59. The van der Waals surface area contributed by atoms with Gasteiger partial charge in [-0.3, -0.25) is 0 Å². The number of esters is 1. The third kappa shape index (κ3) is 5.47. The maximum Gasteiger partial charge on any atom is 0.330 e. The number of hydrogen-bond acceptors (Lipinski definition) is 2. The molecular weight excluding hydrogens is 399 g/mol. The number of alkyl halides is 1. The fraction of sp³-hybridized carbons (Fsp3) is 0.850. The van der Waals surface area contributed by atoms with E-state index in [0.29, 0.717) is 5.41 Å². The Labute approximate surface area is 157 Å². The summed E-state index contributed by atoms with van der Waals surface area (Å²) >= 11 is 2.58. The Hall–Kier alpha value is -0.0600. The molecule has 2 aliphatic carbocycles. The van der Waals surface area contributed by atoms with Gasteiger partial charge in [0.25, 0.3) is 0 Å². The fourth-order valence-corrected chi connectivity index (χ4v) is 5.54. The summed E-state index contributed by atoms with van der Waals surface area (Å²) in [6, 6.07) is 0. The van der Waals surface area contributed by atoms with Crippen LogP contribution in [0.25, 0.3) is 0 Å². The predicted molar refractivity (Wildman–Crippen MR) is 107 cm³/mol. The molecule has 0 aromatic rings. The molecule has 2 nitrogen and oxygen atoms in total. The smallest absolute Gasteiger partial charge is 0.330 e. The molecule has 0 spiro atoms. The first-order valence-corrected chi connectivity index (χ1v) is 10.7. The van der Waals surface area contributed by atoms with Crippen LogP contribution in [0.3, 0.4) is 0 Å². The molecule has 23 heavy (non-hydrogen) atoms. The lowest BCUT2D eigenvalue weighted by atomic mass is 9.60. The summed E-state index contributed by atoms with van der Waals surface area (Å²) in [5.41, 5.74) is 0.697. The quantitative estimate of drug-likeness (QED) is 0.234. The normalized spacial score (nSPS) is 34.1. The van der Waals surface area contributed by atoms with Crippen molar-refractivity contribution in [2.75, 3.05) is 4.43 Å². The zero-order chi connectivity index (χ0) is 17.6. The second-order valence-corrected chi connectivity index (χ2v) is 8.87. The largest absolute Gasteiger partial charge is 0.460 e. The van der Waals surface area contributed by atoms with Gasteiger partial charge in [0.1, 0.15) is 0 Å². The second-order valence-electron chi connectivity index (χ2n) is 7.99. The van der Waals surface area contributed by atoms with Gasteiger partial charge in [-0.15, -0.1) is 0 Å². The lowest BCUT2D eigenvalue weighted by molar-refractivity contribution is -0.141. The summed E-state index contributed by atoms with van der Waals surface area (Å²) in [5.74, 6) is 3.63. The van der Waals surface area contributed by atoms with E-state index in [1.165, 1.54) is 36.5 Å². The van der Waals surface area contributed by atoms with E-state index in [9.17, 15) is 4.79 Å². The highest BCUT2D eigenvalue weighted by atomic mass is 127. The molecule has 0 aliphatic heterocycles. The van der Waals surface area contributed by atoms with Gasteiger partial charge in [-0.1, -0.05) is 62.8 Å². The number of carbonyl (C=O) groups excluding carboxylic acids is 1. The number of hydrogen-bond donors (Lipinski definition) is 0. The number of halogens is 1. The van der Waals surface area contributed by atoms with Crippen LogP contribution < -0.4 is 0 Å². The van der Waals surface area contributed by atoms with Gasteiger partial charge in [-0.25, -0.2) is 4.79 Å². The van der Waals surface area contributed by atoms with Crippen LogP contribution in [-0.4, -0.2) is 16.5 Å². The Kier molecular flexibility index (Phi) is 8.60. The van der Waals surface area contributed by atoms with Crippen LogP contribution in [0.2, 0.25) is 0 Å². The Morgan fingerprint density at radius 2 is 2.00 bits per heavy atom. The van der Waals surface area contributed by atoms with Crippen molar-refractivity contribution >= 4 is 28.6 Å². The van der Waals surface area contributed by atoms with E-state index < -0.39 is 0 Å². The zero-order valence-corrected chi connectivity index (χ0v) is 17.8. The Bertz CT molecular complexity index is 393. The maximum absolute atomic E-state index is 10.3. The summed E-state index contributed by atoms with van der Waals surface area (Å²) in [4.78, 5) is 10.3. The molecule has 0 radical (unpaired) electrons. The van der Waals surface area contributed by atoms with Crippen LogP contribution in [0.15, 0.2) is 12.7 Å². The molecule has 2 saturated carbocycles.